The van der Waals surface area contributed by atoms with Crippen molar-refractivity contribution in [3.8, 4) is 11.3 Å². The number of nitrogens with one attached hydrogen (secondary N) is 1. The van der Waals surface area contributed by atoms with E-state index in [1.54, 1.807) is 0 Å². The fraction of sp³-hybridized carbons (Fsp3) is 0.433. The van der Waals surface area contributed by atoms with Crippen LogP contribution in [0, 0.1) is 23.2 Å². The average Bonchev–Trinajstić information content (AvgIpc) is 2.83. The second-order valence-electron chi connectivity index (χ2n) is 11.6. The summed E-state index contributed by atoms with van der Waals surface area (Å²) in [4.78, 5) is 23.5. The lowest BCUT2D eigenvalue weighted by Crippen LogP contribution is -2.47. The van der Waals surface area contributed by atoms with Crippen molar-refractivity contribution in [2.45, 2.75) is 57.8 Å². The summed E-state index contributed by atoms with van der Waals surface area (Å²) in [7, 11) is 0. The van der Waals surface area contributed by atoms with Crippen LogP contribution in [0.2, 0.25) is 0 Å². The molecule has 0 saturated heterocycles. The zero-order valence-corrected chi connectivity index (χ0v) is 20.1. The SMILES string of the molecule is Nc1ccc2c(c1)CCc1nc(NC(=O)c3ccccc3)c(CC34CC5CC(CC(C5)C3)C4)nc1-2. The molecule has 5 heteroatoms. The number of nitrogens with zero attached hydrogens (tertiary/aromatic N) is 2. The second-order valence-corrected chi connectivity index (χ2v) is 11.6. The van der Waals surface area contributed by atoms with E-state index in [0.717, 1.165) is 65.3 Å². The van der Waals surface area contributed by atoms with E-state index < -0.39 is 0 Å². The minimum absolute atomic E-state index is 0.115. The van der Waals surface area contributed by atoms with Crippen LogP contribution in [0.15, 0.2) is 48.5 Å². The molecule has 4 saturated carbocycles. The summed E-state index contributed by atoms with van der Waals surface area (Å²) >= 11 is 0. The maximum absolute atomic E-state index is 13.1. The van der Waals surface area contributed by atoms with Crippen molar-refractivity contribution in [2.24, 2.45) is 23.2 Å². The minimum atomic E-state index is -0.115. The van der Waals surface area contributed by atoms with Crippen molar-refractivity contribution in [3.63, 3.8) is 0 Å². The molecule has 0 radical (unpaired) electrons. The van der Waals surface area contributed by atoms with Crippen molar-refractivity contribution in [3.05, 3.63) is 71.0 Å². The summed E-state index contributed by atoms with van der Waals surface area (Å²) in [6, 6.07) is 15.5. The minimum Gasteiger partial charge on any atom is -0.399 e. The highest BCUT2D eigenvalue weighted by Gasteiger charge is 2.51. The van der Waals surface area contributed by atoms with E-state index in [0.29, 0.717) is 16.8 Å². The van der Waals surface area contributed by atoms with Gasteiger partial charge in [0.2, 0.25) is 0 Å². The molecule has 3 N–H and O–H groups in total. The number of hydrogen-bond donors (Lipinski definition) is 2. The Kier molecular flexibility index (Phi) is 4.77. The fourth-order valence-corrected chi connectivity index (χ4v) is 8.05. The van der Waals surface area contributed by atoms with Crippen LogP contribution in [-0.2, 0) is 19.3 Å². The topological polar surface area (TPSA) is 80.9 Å². The monoisotopic (exact) mass is 464 g/mol. The number of aryl methyl sites for hydroxylation is 2. The van der Waals surface area contributed by atoms with Gasteiger partial charge in [-0.25, -0.2) is 9.97 Å². The van der Waals surface area contributed by atoms with Gasteiger partial charge in [0.05, 0.1) is 17.1 Å². The highest BCUT2D eigenvalue weighted by Crippen LogP contribution is 2.61. The number of anilines is 2. The molecule has 35 heavy (non-hydrogen) atoms. The molecule has 4 fully saturated rings. The van der Waals surface area contributed by atoms with Gasteiger partial charge in [0.25, 0.3) is 5.91 Å². The first-order valence-electron chi connectivity index (χ1n) is 13.2. The Labute approximate surface area is 206 Å². The number of rotatable bonds is 4. The number of fused-ring (bicyclic) bond motifs is 3. The number of amides is 1. The first-order chi connectivity index (χ1) is 17.0. The molecule has 4 bridgehead atoms. The van der Waals surface area contributed by atoms with Crippen LogP contribution in [0.1, 0.15) is 65.8 Å². The third-order valence-electron chi connectivity index (χ3n) is 9.03. The van der Waals surface area contributed by atoms with Crippen LogP contribution >= 0.6 is 0 Å². The van der Waals surface area contributed by atoms with Gasteiger partial charge >= 0.3 is 0 Å². The lowest BCUT2D eigenvalue weighted by molar-refractivity contribution is -0.0526. The summed E-state index contributed by atoms with van der Waals surface area (Å²) < 4.78 is 0. The molecule has 0 spiro atoms. The van der Waals surface area contributed by atoms with E-state index in [2.05, 4.69) is 17.4 Å². The highest BCUT2D eigenvalue weighted by atomic mass is 16.1. The summed E-state index contributed by atoms with van der Waals surface area (Å²) in [5.74, 6) is 3.16. The zero-order chi connectivity index (χ0) is 23.6. The summed E-state index contributed by atoms with van der Waals surface area (Å²) in [6.07, 6.45) is 10.8. The third-order valence-corrected chi connectivity index (χ3v) is 9.03. The Bertz CT molecular complexity index is 1280. The van der Waals surface area contributed by atoms with E-state index in [9.17, 15) is 4.79 Å². The van der Waals surface area contributed by atoms with Crippen molar-refractivity contribution in [1.82, 2.24) is 9.97 Å². The standard InChI is InChI=1S/C30H32N4O/c31-23-7-8-24-22(13-23)6-9-25-27(24)32-26(28(33-25)34-29(35)21-4-2-1-3-5-21)17-30-14-18-10-19(15-30)12-20(11-18)16-30/h1-5,7-8,13,18-20H,6,9-12,14-17,31H2,(H,33,34,35). The van der Waals surface area contributed by atoms with Crippen LogP contribution in [-0.4, -0.2) is 15.9 Å². The predicted octanol–water partition coefficient (Wildman–Crippen LogP) is 5.84. The second kappa shape index (κ2) is 7.91. The van der Waals surface area contributed by atoms with Crippen LogP contribution in [0.25, 0.3) is 11.3 Å². The fourth-order valence-electron chi connectivity index (χ4n) is 8.05. The molecule has 8 rings (SSSR count). The van der Waals surface area contributed by atoms with Gasteiger partial charge in [0.15, 0.2) is 5.82 Å². The van der Waals surface area contributed by atoms with E-state index in [-0.39, 0.29) is 5.91 Å². The Morgan fingerprint density at radius 1 is 0.943 bits per heavy atom. The number of carbonyl (C=O) groups is 1. The van der Waals surface area contributed by atoms with Gasteiger partial charge < -0.3 is 11.1 Å². The van der Waals surface area contributed by atoms with Gasteiger partial charge in [-0.05, 0) is 111 Å². The van der Waals surface area contributed by atoms with Crippen LogP contribution in [0.5, 0.6) is 0 Å². The van der Waals surface area contributed by atoms with Gasteiger partial charge in [-0.15, -0.1) is 0 Å². The van der Waals surface area contributed by atoms with Crippen molar-refractivity contribution in [2.75, 3.05) is 11.1 Å². The van der Waals surface area contributed by atoms with Gasteiger partial charge in [0, 0.05) is 16.8 Å². The highest BCUT2D eigenvalue weighted by molar-refractivity contribution is 6.04. The van der Waals surface area contributed by atoms with Crippen LogP contribution in [0.3, 0.4) is 0 Å². The molecule has 1 heterocycles. The molecule has 0 atom stereocenters. The Morgan fingerprint density at radius 2 is 1.66 bits per heavy atom. The van der Waals surface area contributed by atoms with Crippen molar-refractivity contribution < 1.29 is 4.79 Å². The number of nitrogen functional groups attached to an aromatic ring is 1. The Morgan fingerprint density at radius 3 is 2.37 bits per heavy atom. The number of carbonyl (C=O) groups excluding carboxylic acids is 1. The molecule has 2 aromatic carbocycles. The lowest BCUT2D eigenvalue weighted by atomic mass is 9.48. The maximum atomic E-state index is 13.1. The Hall–Kier alpha value is -3.21. The van der Waals surface area contributed by atoms with Crippen molar-refractivity contribution >= 4 is 17.4 Å². The normalized spacial score (nSPS) is 27.8. The van der Waals surface area contributed by atoms with Gasteiger partial charge in [0.1, 0.15) is 0 Å². The molecular formula is C30H32N4O. The molecule has 0 unspecified atom stereocenters. The number of nitrogens with two attached hydrogens (primary N) is 1. The lowest BCUT2D eigenvalue weighted by Gasteiger charge is -2.57. The third kappa shape index (κ3) is 3.72. The molecule has 1 amide bonds. The average molecular weight is 465 g/mol. The smallest absolute Gasteiger partial charge is 0.256 e. The quantitative estimate of drug-likeness (QED) is 0.476. The van der Waals surface area contributed by atoms with Crippen LogP contribution in [0.4, 0.5) is 11.5 Å². The summed E-state index contributed by atoms with van der Waals surface area (Å²) in [5, 5.41) is 3.16. The number of aromatic nitrogens is 2. The molecule has 5 nitrogen and oxygen atoms in total. The molecule has 5 aliphatic rings. The molecule has 178 valence electrons. The molecule has 1 aromatic heterocycles. The van der Waals surface area contributed by atoms with Gasteiger partial charge in [-0.3, -0.25) is 4.79 Å². The van der Waals surface area contributed by atoms with E-state index >= 15 is 0 Å². The predicted molar refractivity (Wildman–Crippen MR) is 138 cm³/mol. The van der Waals surface area contributed by atoms with E-state index in [4.69, 9.17) is 15.7 Å². The zero-order valence-electron chi connectivity index (χ0n) is 20.1. The Balaban J connectivity index is 1.30. The maximum Gasteiger partial charge on any atom is 0.256 e. The van der Waals surface area contributed by atoms with E-state index in [1.165, 1.54) is 44.1 Å². The van der Waals surface area contributed by atoms with Gasteiger partial charge in [-0.2, -0.15) is 0 Å². The molecule has 3 aromatic rings. The van der Waals surface area contributed by atoms with E-state index in [1.807, 2.05) is 36.4 Å². The largest absolute Gasteiger partial charge is 0.399 e. The number of benzene rings is 2. The first kappa shape index (κ1) is 21.1. The van der Waals surface area contributed by atoms with Crippen LogP contribution < -0.4 is 11.1 Å². The van der Waals surface area contributed by atoms with Crippen molar-refractivity contribution in [1.29, 1.82) is 0 Å². The molecule has 0 aliphatic heterocycles. The summed E-state index contributed by atoms with van der Waals surface area (Å²) in [5.41, 5.74) is 13.1. The molecule has 5 aliphatic carbocycles. The van der Waals surface area contributed by atoms with Gasteiger partial charge in [-0.1, -0.05) is 24.3 Å². The number of hydrogen-bond acceptors (Lipinski definition) is 4. The summed E-state index contributed by atoms with van der Waals surface area (Å²) in [6.45, 7) is 0. The molecular weight excluding hydrogens is 432 g/mol. The first-order valence-corrected chi connectivity index (χ1v) is 13.2.